The molecule has 0 saturated carbocycles. The molecule has 1 fully saturated rings. The zero-order valence-corrected chi connectivity index (χ0v) is 18.0. The van der Waals surface area contributed by atoms with E-state index in [1.807, 2.05) is 6.92 Å². The zero-order chi connectivity index (χ0) is 20.5. The quantitative estimate of drug-likeness (QED) is 0.500. The van der Waals surface area contributed by atoms with E-state index in [-0.39, 0.29) is 12.2 Å². The van der Waals surface area contributed by atoms with Crippen molar-refractivity contribution in [3.63, 3.8) is 0 Å². The number of carbonyl (C=O) groups is 2. The second-order valence-electron chi connectivity index (χ2n) is 7.66. The number of ketones is 1. The largest absolute Gasteiger partial charge is 0.406 e. The molecule has 8 heteroatoms. The fourth-order valence-corrected chi connectivity index (χ4v) is 7.59. The molecule has 1 saturated heterocycles. The molecular weight excluding hydrogens is 369 g/mol. The molecule has 0 bridgehead atoms. The number of ether oxygens (including phenoxy) is 1. The van der Waals surface area contributed by atoms with Crippen molar-refractivity contribution in [3.8, 4) is 0 Å². The number of rotatable bonds is 8. The number of hydrogen-bond donors (Lipinski definition) is 1. The maximum absolute atomic E-state index is 15.5. The number of allylic oxidation sites excluding steroid dienone is 1. The molecule has 2 aliphatic rings. The van der Waals surface area contributed by atoms with E-state index in [9.17, 15) is 14.7 Å². The first-order valence-electron chi connectivity index (χ1n) is 9.85. The highest BCUT2D eigenvalue weighted by Gasteiger charge is 2.66. The average Bonchev–Trinajstić information content (AvgIpc) is 2.87. The molecule has 154 valence electrons. The van der Waals surface area contributed by atoms with Gasteiger partial charge in [-0.05, 0) is 37.6 Å². The number of alkyl halides is 1. The van der Waals surface area contributed by atoms with Crippen molar-refractivity contribution in [1.29, 1.82) is 0 Å². The second-order valence-corrected chi connectivity index (χ2v) is 12.4. The molecule has 0 aromatic rings. The Hall–Kier alpha value is -1.09. The Balaban J connectivity index is 2.53. The van der Waals surface area contributed by atoms with E-state index in [1.165, 1.54) is 17.2 Å². The van der Waals surface area contributed by atoms with Crippen LogP contribution in [-0.2, 0) is 18.8 Å². The van der Waals surface area contributed by atoms with Gasteiger partial charge in [0, 0.05) is 6.20 Å². The van der Waals surface area contributed by atoms with Crippen LogP contribution in [0.5, 0.6) is 0 Å². The highest BCUT2D eigenvalue weighted by Crippen LogP contribution is 2.51. The van der Waals surface area contributed by atoms with Crippen LogP contribution < -0.4 is 0 Å². The Labute approximate surface area is 161 Å². The minimum atomic E-state index is -2.31. The van der Waals surface area contributed by atoms with Crippen molar-refractivity contribution in [1.82, 2.24) is 4.90 Å². The predicted octanol–water partition coefficient (Wildman–Crippen LogP) is 3.12. The van der Waals surface area contributed by atoms with Gasteiger partial charge < -0.3 is 14.3 Å². The smallest absolute Gasteiger partial charge is 0.240 e. The highest BCUT2D eigenvalue weighted by molar-refractivity contribution is 6.73. The van der Waals surface area contributed by atoms with Crippen LogP contribution in [0.15, 0.2) is 12.3 Å². The Morgan fingerprint density at radius 2 is 1.89 bits per heavy atom. The Bertz CT molecular complexity index is 603. The first kappa shape index (κ1) is 22.2. The lowest BCUT2D eigenvalue weighted by molar-refractivity contribution is -0.204. The summed E-state index contributed by atoms with van der Waals surface area (Å²) in [5.74, 6) is -3.79. The SMILES string of the molecule is CC[C@H]1[C@@](C)(O[Si](CC)(CC)CC)[C@H](N2C=CC(=O)CC2=O)O[C@]1(F)CO. The van der Waals surface area contributed by atoms with E-state index in [4.69, 9.17) is 9.16 Å². The average molecular weight is 402 g/mol. The summed E-state index contributed by atoms with van der Waals surface area (Å²) in [6, 6.07) is 2.58. The third kappa shape index (κ3) is 3.77. The van der Waals surface area contributed by atoms with Crippen LogP contribution in [-0.4, -0.2) is 54.3 Å². The molecule has 1 amide bonds. The lowest BCUT2D eigenvalue weighted by atomic mass is 9.82. The molecule has 0 unspecified atom stereocenters. The number of amides is 1. The van der Waals surface area contributed by atoms with Crippen LogP contribution in [0.25, 0.3) is 0 Å². The highest BCUT2D eigenvalue weighted by atomic mass is 28.4. The summed E-state index contributed by atoms with van der Waals surface area (Å²) in [4.78, 5) is 25.3. The maximum Gasteiger partial charge on any atom is 0.240 e. The number of nitrogens with zero attached hydrogens (tertiary/aromatic N) is 1. The first-order chi connectivity index (χ1) is 12.6. The van der Waals surface area contributed by atoms with E-state index in [1.54, 1.807) is 6.92 Å². The molecule has 2 rings (SSSR count). The first-order valence-corrected chi connectivity index (χ1v) is 12.4. The Morgan fingerprint density at radius 3 is 2.33 bits per heavy atom. The fourth-order valence-electron chi connectivity index (χ4n) is 4.48. The van der Waals surface area contributed by atoms with Crippen LogP contribution in [0.2, 0.25) is 18.1 Å². The molecular formula is C19H32FNO5Si. The van der Waals surface area contributed by atoms with Crippen LogP contribution in [0.4, 0.5) is 4.39 Å². The monoisotopic (exact) mass is 401 g/mol. The van der Waals surface area contributed by atoms with Gasteiger partial charge >= 0.3 is 0 Å². The molecule has 2 heterocycles. The zero-order valence-electron chi connectivity index (χ0n) is 17.0. The van der Waals surface area contributed by atoms with Crippen molar-refractivity contribution in [2.75, 3.05) is 6.61 Å². The van der Waals surface area contributed by atoms with Crippen molar-refractivity contribution in [2.45, 2.75) is 83.3 Å². The van der Waals surface area contributed by atoms with Gasteiger partial charge in [-0.25, -0.2) is 4.39 Å². The third-order valence-electron chi connectivity index (χ3n) is 6.29. The van der Waals surface area contributed by atoms with E-state index in [0.717, 1.165) is 18.1 Å². The van der Waals surface area contributed by atoms with Crippen molar-refractivity contribution in [3.05, 3.63) is 12.3 Å². The number of halogens is 1. The summed E-state index contributed by atoms with van der Waals surface area (Å²) >= 11 is 0. The Kier molecular flexibility index (Phi) is 6.66. The van der Waals surface area contributed by atoms with Gasteiger partial charge in [0.05, 0.1) is 12.3 Å². The van der Waals surface area contributed by atoms with Gasteiger partial charge in [0.25, 0.3) is 0 Å². The number of aliphatic hydroxyl groups is 1. The summed E-state index contributed by atoms with van der Waals surface area (Å²) in [5.41, 5.74) is -1.12. The van der Waals surface area contributed by atoms with Crippen LogP contribution in [0, 0.1) is 5.92 Å². The molecule has 0 spiro atoms. The van der Waals surface area contributed by atoms with E-state index < -0.39 is 44.4 Å². The summed E-state index contributed by atoms with van der Waals surface area (Å²) in [6.45, 7) is 9.02. The van der Waals surface area contributed by atoms with Gasteiger partial charge in [-0.2, -0.15) is 0 Å². The van der Waals surface area contributed by atoms with E-state index in [0.29, 0.717) is 6.42 Å². The van der Waals surface area contributed by atoms with Gasteiger partial charge in [-0.1, -0.05) is 27.7 Å². The molecule has 6 nitrogen and oxygen atoms in total. The lowest BCUT2D eigenvalue weighted by Gasteiger charge is -2.45. The molecule has 1 N–H and O–H groups in total. The van der Waals surface area contributed by atoms with Crippen LogP contribution >= 0.6 is 0 Å². The minimum Gasteiger partial charge on any atom is -0.406 e. The lowest BCUT2D eigenvalue weighted by Crippen LogP contribution is -2.59. The molecule has 4 atom stereocenters. The third-order valence-corrected chi connectivity index (χ3v) is 11.0. The standard InChI is InChI=1S/C19H32FNO5Si/c1-6-15-18(5,26-27(7-2,8-3)9-4)17(25-19(15,20)13-22)21-11-10-14(23)12-16(21)24/h10-11,15,17,22H,6-9,12-13H2,1-5H3/t15-,17+,18+,19+/m0/s1. The van der Waals surface area contributed by atoms with Gasteiger partial charge in [-0.3, -0.25) is 14.5 Å². The second kappa shape index (κ2) is 8.11. The van der Waals surface area contributed by atoms with Gasteiger partial charge in [0.1, 0.15) is 12.2 Å². The van der Waals surface area contributed by atoms with Gasteiger partial charge in [0.15, 0.2) is 20.3 Å². The molecule has 0 aliphatic carbocycles. The van der Waals surface area contributed by atoms with Crippen molar-refractivity contribution >= 4 is 20.0 Å². The van der Waals surface area contributed by atoms with E-state index in [2.05, 4.69) is 20.8 Å². The van der Waals surface area contributed by atoms with Crippen molar-refractivity contribution in [2.24, 2.45) is 5.92 Å². The number of hydrogen-bond acceptors (Lipinski definition) is 5. The van der Waals surface area contributed by atoms with Crippen LogP contribution in [0.3, 0.4) is 0 Å². The topological polar surface area (TPSA) is 76.1 Å². The molecule has 0 aromatic carbocycles. The summed E-state index contributed by atoms with van der Waals surface area (Å²) in [7, 11) is -2.19. The Morgan fingerprint density at radius 1 is 1.30 bits per heavy atom. The van der Waals surface area contributed by atoms with Gasteiger partial charge in [0.2, 0.25) is 11.8 Å². The van der Waals surface area contributed by atoms with Crippen molar-refractivity contribution < 1.29 is 28.2 Å². The molecule has 0 radical (unpaired) electrons. The fraction of sp³-hybridized carbons (Fsp3) is 0.789. The summed E-state index contributed by atoms with van der Waals surface area (Å²) in [6.07, 6.45) is 1.72. The normalized spacial score (nSPS) is 34.6. The van der Waals surface area contributed by atoms with Gasteiger partial charge in [-0.15, -0.1) is 0 Å². The molecule has 2 aliphatic heterocycles. The summed E-state index contributed by atoms with van der Waals surface area (Å²) in [5, 5.41) is 9.73. The molecule has 27 heavy (non-hydrogen) atoms. The van der Waals surface area contributed by atoms with Crippen LogP contribution in [0.1, 0.15) is 47.5 Å². The van der Waals surface area contributed by atoms with E-state index >= 15 is 4.39 Å². The maximum atomic E-state index is 15.5. The molecule has 0 aromatic heterocycles. The number of aliphatic hydroxyl groups excluding tert-OH is 1. The number of carbonyl (C=O) groups excluding carboxylic acids is 2. The minimum absolute atomic E-state index is 0.278. The summed E-state index contributed by atoms with van der Waals surface area (Å²) < 4.78 is 27.9. The predicted molar refractivity (Wildman–Crippen MR) is 102 cm³/mol.